The van der Waals surface area contributed by atoms with Gasteiger partial charge < -0.3 is 4.90 Å². The van der Waals surface area contributed by atoms with Gasteiger partial charge in [-0.1, -0.05) is 6.92 Å². The van der Waals surface area contributed by atoms with Gasteiger partial charge in [0, 0.05) is 59.4 Å². The number of pyridine rings is 1. The lowest BCUT2D eigenvalue weighted by atomic mass is 10.1. The Morgan fingerprint density at radius 1 is 1.08 bits per heavy atom. The first-order valence-electron chi connectivity index (χ1n) is 9.09. The van der Waals surface area contributed by atoms with Gasteiger partial charge in [-0.15, -0.1) is 11.3 Å². The summed E-state index contributed by atoms with van der Waals surface area (Å²) in [7, 11) is 0. The number of carbonyl (C=O) groups is 1. The van der Waals surface area contributed by atoms with Crippen molar-refractivity contribution < 1.29 is 4.79 Å². The van der Waals surface area contributed by atoms with Crippen LogP contribution in [0.2, 0.25) is 0 Å². The van der Waals surface area contributed by atoms with Gasteiger partial charge in [0.15, 0.2) is 0 Å². The first kappa shape index (κ1) is 18.1. The Balaban J connectivity index is 1.61. The molecule has 2 aromatic rings. The molecule has 1 saturated heterocycles. The molecular weight excluding hydrogens is 330 g/mol. The normalized spacial score (nSPS) is 16.0. The molecule has 3 rings (SSSR count). The summed E-state index contributed by atoms with van der Waals surface area (Å²) in [5.74, 6) is 0.139. The van der Waals surface area contributed by atoms with Crippen molar-refractivity contribution in [2.24, 2.45) is 0 Å². The third-order valence-electron chi connectivity index (χ3n) is 4.65. The van der Waals surface area contributed by atoms with Crippen LogP contribution in [0.4, 0.5) is 0 Å². The molecule has 134 valence electrons. The summed E-state index contributed by atoms with van der Waals surface area (Å²) in [5, 5.41) is 0. The van der Waals surface area contributed by atoms with Gasteiger partial charge in [0.1, 0.15) is 0 Å². The minimum absolute atomic E-state index is 0.139. The lowest BCUT2D eigenvalue weighted by Crippen LogP contribution is -2.35. The Kier molecular flexibility index (Phi) is 5.86. The van der Waals surface area contributed by atoms with Crippen molar-refractivity contribution in [1.29, 1.82) is 0 Å². The smallest absolute Gasteiger partial charge is 0.254 e. The highest BCUT2D eigenvalue weighted by Gasteiger charge is 2.21. The second kappa shape index (κ2) is 8.11. The van der Waals surface area contributed by atoms with E-state index in [0.717, 1.165) is 62.5 Å². The fourth-order valence-corrected chi connectivity index (χ4v) is 4.39. The third kappa shape index (κ3) is 4.67. The van der Waals surface area contributed by atoms with Crippen molar-refractivity contribution in [3.8, 4) is 0 Å². The van der Waals surface area contributed by atoms with Gasteiger partial charge in [-0.05, 0) is 51.0 Å². The fourth-order valence-electron chi connectivity index (χ4n) is 3.39. The number of aryl methyl sites for hydroxylation is 3. The molecule has 0 radical (unpaired) electrons. The number of carbonyl (C=O) groups excluding carboxylic acids is 1. The molecule has 5 heteroatoms. The minimum Gasteiger partial charge on any atom is -0.337 e. The van der Waals surface area contributed by atoms with E-state index >= 15 is 0 Å². The number of thiophene rings is 1. The fraction of sp³-hybridized carbons (Fsp3) is 0.500. The largest absolute Gasteiger partial charge is 0.337 e. The zero-order chi connectivity index (χ0) is 17.8. The molecule has 0 N–H and O–H groups in total. The van der Waals surface area contributed by atoms with Crippen LogP contribution in [0.5, 0.6) is 0 Å². The molecule has 2 aromatic heterocycles. The second-order valence-electron chi connectivity index (χ2n) is 6.78. The number of hydrogen-bond acceptors (Lipinski definition) is 4. The number of amides is 1. The summed E-state index contributed by atoms with van der Waals surface area (Å²) in [6.45, 7) is 10.7. The third-order valence-corrected chi connectivity index (χ3v) is 5.86. The maximum absolute atomic E-state index is 12.8. The first-order chi connectivity index (χ1) is 12.0. The summed E-state index contributed by atoms with van der Waals surface area (Å²) in [5.41, 5.74) is 2.58. The SMILES string of the molecule is CCc1ccc(CN2CCCN(C(=O)c3cc(C)nc(C)c3)CC2)s1. The summed E-state index contributed by atoms with van der Waals surface area (Å²) in [6.07, 6.45) is 2.14. The molecule has 0 saturated carbocycles. The maximum atomic E-state index is 12.8. The van der Waals surface area contributed by atoms with Crippen molar-refractivity contribution in [3.05, 3.63) is 51.0 Å². The van der Waals surface area contributed by atoms with Gasteiger partial charge in [-0.3, -0.25) is 14.7 Å². The number of aromatic nitrogens is 1. The standard InChI is InChI=1S/C20H27N3OS/c1-4-18-6-7-19(25-18)14-22-8-5-9-23(11-10-22)20(24)17-12-15(2)21-16(3)13-17/h6-7,12-13H,4-5,8-11,14H2,1-3H3. The van der Waals surface area contributed by atoms with Crippen molar-refractivity contribution in [3.63, 3.8) is 0 Å². The van der Waals surface area contributed by atoms with E-state index in [1.54, 1.807) is 0 Å². The highest BCUT2D eigenvalue weighted by molar-refractivity contribution is 7.11. The topological polar surface area (TPSA) is 36.4 Å². The van der Waals surface area contributed by atoms with Crippen LogP contribution < -0.4 is 0 Å². The van der Waals surface area contributed by atoms with Gasteiger partial charge in [0.2, 0.25) is 0 Å². The Bertz CT molecular complexity index is 720. The Hall–Kier alpha value is -1.72. The molecule has 3 heterocycles. The molecule has 0 spiro atoms. The molecule has 0 aliphatic carbocycles. The van der Waals surface area contributed by atoms with Gasteiger partial charge >= 0.3 is 0 Å². The quantitative estimate of drug-likeness (QED) is 0.838. The van der Waals surface area contributed by atoms with Crippen molar-refractivity contribution >= 4 is 17.2 Å². The van der Waals surface area contributed by atoms with Crippen LogP contribution in [-0.2, 0) is 13.0 Å². The van der Waals surface area contributed by atoms with Gasteiger partial charge in [-0.25, -0.2) is 0 Å². The van der Waals surface area contributed by atoms with E-state index in [0.29, 0.717) is 0 Å². The van der Waals surface area contributed by atoms with Crippen LogP contribution in [0.15, 0.2) is 24.3 Å². The van der Waals surface area contributed by atoms with Crippen molar-refractivity contribution in [2.75, 3.05) is 26.2 Å². The predicted octanol–water partition coefficient (Wildman–Crippen LogP) is 3.67. The molecule has 25 heavy (non-hydrogen) atoms. The average Bonchev–Trinajstić information content (AvgIpc) is 2.90. The zero-order valence-electron chi connectivity index (χ0n) is 15.4. The first-order valence-corrected chi connectivity index (χ1v) is 9.91. The molecule has 1 aliphatic heterocycles. The molecule has 1 aliphatic rings. The highest BCUT2D eigenvalue weighted by atomic mass is 32.1. The van der Waals surface area contributed by atoms with Crippen LogP contribution in [0.1, 0.15) is 44.8 Å². The monoisotopic (exact) mass is 357 g/mol. The van der Waals surface area contributed by atoms with E-state index in [1.165, 1.54) is 9.75 Å². The van der Waals surface area contributed by atoms with Crippen LogP contribution in [0.3, 0.4) is 0 Å². The zero-order valence-corrected chi connectivity index (χ0v) is 16.2. The lowest BCUT2D eigenvalue weighted by molar-refractivity contribution is 0.0761. The van der Waals surface area contributed by atoms with Crippen LogP contribution in [0.25, 0.3) is 0 Å². The van der Waals surface area contributed by atoms with Crippen molar-refractivity contribution in [1.82, 2.24) is 14.8 Å². The molecule has 1 amide bonds. The molecule has 0 aromatic carbocycles. The van der Waals surface area contributed by atoms with Crippen LogP contribution in [-0.4, -0.2) is 46.9 Å². The highest BCUT2D eigenvalue weighted by Crippen LogP contribution is 2.20. The number of nitrogens with zero attached hydrogens (tertiary/aromatic N) is 3. The van der Waals surface area contributed by atoms with E-state index < -0.39 is 0 Å². The maximum Gasteiger partial charge on any atom is 0.254 e. The molecule has 1 fully saturated rings. The number of rotatable bonds is 4. The molecule has 0 atom stereocenters. The Morgan fingerprint density at radius 3 is 2.48 bits per heavy atom. The van der Waals surface area contributed by atoms with Crippen LogP contribution >= 0.6 is 11.3 Å². The van der Waals surface area contributed by atoms with E-state index in [-0.39, 0.29) is 5.91 Å². The summed E-state index contributed by atoms with van der Waals surface area (Å²) >= 11 is 1.91. The second-order valence-corrected chi connectivity index (χ2v) is 8.03. The predicted molar refractivity (Wildman–Crippen MR) is 103 cm³/mol. The Labute approximate surface area is 154 Å². The van der Waals surface area contributed by atoms with Crippen LogP contribution in [0, 0.1) is 13.8 Å². The van der Waals surface area contributed by atoms with Gasteiger partial charge in [0.25, 0.3) is 5.91 Å². The Morgan fingerprint density at radius 2 is 1.80 bits per heavy atom. The van der Waals surface area contributed by atoms with Crippen molar-refractivity contribution in [2.45, 2.75) is 40.2 Å². The molecule has 0 bridgehead atoms. The van der Waals surface area contributed by atoms with E-state index in [2.05, 4.69) is 28.9 Å². The van der Waals surface area contributed by atoms with E-state index in [9.17, 15) is 4.79 Å². The van der Waals surface area contributed by atoms with E-state index in [1.807, 2.05) is 42.2 Å². The molecule has 4 nitrogen and oxygen atoms in total. The van der Waals surface area contributed by atoms with Gasteiger partial charge in [0.05, 0.1) is 0 Å². The number of hydrogen-bond donors (Lipinski definition) is 0. The molecular formula is C20H27N3OS. The van der Waals surface area contributed by atoms with E-state index in [4.69, 9.17) is 0 Å². The summed E-state index contributed by atoms with van der Waals surface area (Å²) < 4.78 is 0. The summed E-state index contributed by atoms with van der Waals surface area (Å²) in [4.78, 5) is 24.6. The average molecular weight is 358 g/mol. The summed E-state index contributed by atoms with van der Waals surface area (Å²) in [6, 6.07) is 8.29. The van der Waals surface area contributed by atoms with Gasteiger partial charge in [-0.2, -0.15) is 0 Å². The molecule has 0 unspecified atom stereocenters. The minimum atomic E-state index is 0.139. The lowest BCUT2D eigenvalue weighted by Gasteiger charge is -2.22.